The molecule has 0 bridgehead atoms. The van der Waals surface area contributed by atoms with Crippen molar-refractivity contribution in [3.8, 4) is 0 Å². The number of esters is 1. The van der Waals surface area contributed by atoms with Crippen LogP contribution in [0.15, 0.2) is 48.5 Å². The van der Waals surface area contributed by atoms with Crippen LogP contribution in [0, 0.1) is 5.92 Å². The summed E-state index contributed by atoms with van der Waals surface area (Å²) >= 11 is 0. The number of fused-ring (bicyclic) bond motifs is 1. The number of hydrogen-bond acceptors (Lipinski definition) is 5. The maximum absolute atomic E-state index is 12.3. The van der Waals surface area contributed by atoms with Crippen LogP contribution in [0.3, 0.4) is 0 Å². The van der Waals surface area contributed by atoms with Gasteiger partial charge in [0.15, 0.2) is 6.61 Å². The first-order valence-corrected chi connectivity index (χ1v) is 10.4. The molecule has 0 aromatic heterocycles. The summed E-state index contributed by atoms with van der Waals surface area (Å²) in [5, 5.41) is 2.95. The summed E-state index contributed by atoms with van der Waals surface area (Å²) < 4.78 is 5.06. The van der Waals surface area contributed by atoms with Crippen LogP contribution in [-0.2, 0) is 20.7 Å². The summed E-state index contributed by atoms with van der Waals surface area (Å²) in [5.41, 5.74) is 4.80. The Morgan fingerprint density at radius 2 is 1.80 bits per heavy atom. The number of benzene rings is 2. The maximum atomic E-state index is 12.3. The molecule has 0 unspecified atom stereocenters. The predicted molar refractivity (Wildman–Crippen MR) is 120 cm³/mol. The minimum atomic E-state index is -0.366. The van der Waals surface area contributed by atoms with Gasteiger partial charge in [-0.2, -0.15) is 0 Å². The van der Waals surface area contributed by atoms with Crippen molar-refractivity contribution in [3.05, 3.63) is 59.7 Å². The average molecular weight is 410 g/mol. The lowest BCUT2D eigenvalue weighted by Crippen LogP contribution is -2.39. The molecule has 0 radical (unpaired) electrons. The molecule has 1 aliphatic heterocycles. The molecule has 3 rings (SSSR count). The molecule has 0 fully saturated rings. The first kappa shape index (κ1) is 21.7. The van der Waals surface area contributed by atoms with E-state index in [0.717, 1.165) is 24.2 Å². The number of rotatable bonds is 8. The highest BCUT2D eigenvalue weighted by atomic mass is 16.5. The standard InChI is InChI=1S/C24H31N3O3/c1-17(2)24(29)30-16-23(28)25-15-22(19-9-11-20(12-10-19)26(3)4)27-14-13-18-7-5-6-8-21(18)27/h5-12,17,22H,13-16H2,1-4H3,(H,25,28)/t22-/m0/s1. The molecule has 1 amide bonds. The van der Waals surface area contributed by atoms with Gasteiger partial charge in [0, 0.05) is 38.6 Å². The topological polar surface area (TPSA) is 61.9 Å². The Labute approximate surface area is 178 Å². The fourth-order valence-corrected chi connectivity index (χ4v) is 3.65. The molecular weight excluding hydrogens is 378 g/mol. The molecule has 6 heteroatoms. The van der Waals surface area contributed by atoms with Gasteiger partial charge in [0.1, 0.15) is 0 Å². The van der Waals surface area contributed by atoms with Crippen LogP contribution in [0.2, 0.25) is 0 Å². The van der Waals surface area contributed by atoms with Gasteiger partial charge in [0.05, 0.1) is 12.0 Å². The van der Waals surface area contributed by atoms with Crippen LogP contribution in [-0.4, -0.2) is 45.7 Å². The van der Waals surface area contributed by atoms with Crippen LogP contribution >= 0.6 is 0 Å². The number of ether oxygens (including phenoxy) is 1. The molecule has 1 atom stereocenters. The Balaban J connectivity index is 1.75. The number of para-hydroxylation sites is 1. The van der Waals surface area contributed by atoms with E-state index in [1.54, 1.807) is 13.8 Å². The van der Waals surface area contributed by atoms with Crippen molar-refractivity contribution < 1.29 is 14.3 Å². The van der Waals surface area contributed by atoms with E-state index >= 15 is 0 Å². The van der Waals surface area contributed by atoms with E-state index in [4.69, 9.17) is 4.74 Å². The number of nitrogens with one attached hydrogen (secondary N) is 1. The van der Waals surface area contributed by atoms with Gasteiger partial charge >= 0.3 is 5.97 Å². The Morgan fingerprint density at radius 3 is 2.47 bits per heavy atom. The third-order valence-electron chi connectivity index (χ3n) is 5.40. The van der Waals surface area contributed by atoms with Gasteiger partial charge in [-0.25, -0.2) is 0 Å². The van der Waals surface area contributed by atoms with Crippen molar-refractivity contribution >= 4 is 23.3 Å². The lowest BCUT2D eigenvalue weighted by atomic mass is 10.0. The minimum Gasteiger partial charge on any atom is -0.455 e. The molecule has 160 valence electrons. The highest BCUT2D eigenvalue weighted by molar-refractivity contribution is 5.81. The van der Waals surface area contributed by atoms with Crippen molar-refractivity contribution in [1.82, 2.24) is 5.32 Å². The quantitative estimate of drug-likeness (QED) is 0.679. The second-order valence-electron chi connectivity index (χ2n) is 8.14. The van der Waals surface area contributed by atoms with Gasteiger partial charge in [0.25, 0.3) is 5.91 Å². The molecule has 6 nitrogen and oxygen atoms in total. The van der Waals surface area contributed by atoms with Crippen molar-refractivity contribution in [3.63, 3.8) is 0 Å². The van der Waals surface area contributed by atoms with Gasteiger partial charge in [0.2, 0.25) is 0 Å². The van der Waals surface area contributed by atoms with Gasteiger partial charge in [-0.1, -0.05) is 44.2 Å². The van der Waals surface area contributed by atoms with Gasteiger partial charge in [-0.3, -0.25) is 9.59 Å². The predicted octanol–water partition coefficient (Wildman–Crippen LogP) is 3.17. The number of amides is 1. The van der Waals surface area contributed by atoms with Crippen molar-refractivity contribution in [1.29, 1.82) is 0 Å². The van der Waals surface area contributed by atoms with Crippen LogP contribution in [0.25, 0.3) is 0 Å². The Bertz CT molecular complexity index is 878. The SMILES string of the molecule is CC(C)C(=O)OCC(=O)NC[C@@H](c1ccc(N(C)C)cc1)N1CCc2ccccc21. The van der Waals surface area contributed by atoms with Crippen molar-refractivity contribution in [2.45, 2.75) is 26.3 Å². The van der Waals surface area contributed by atoms with E-state index in [1.165, 1.54) is 11.3 Å². The molecule has 2 aromatic rings. The maximum Gasteiger partial charge on any atom is 0.308 e. The van der Waals surface area contributed by atoms with Crippen LogP contribution in [0.5, 0.6) is 0 Å². The molecule has 0 saturated carbocycles. The Morgan fingerprint density at radius 1 is 1.10 bits per heavy atom. The summed E-state index contributed by atoms with van der Waals surface area (Å²) in [7, 11) is 4.03. The minimum absolute atomic E-state index is 0.00499. The lowest BCUT2D eigenvalue weighted by Gasteiger charge is -2.31. The summed E-state index contributed by atoms with van der Waals surface area (Å²) in [5.74, 6) is -0.900. The van der Waals surface area contributed by atoms with E-state index in [9.17, 15) is 9.59 Å². The van der Waals surface area contributed by atoms with Crippen molar-refractivity contribution in [2.24, 2.45) is 5.92 Å². The number of carbonyl (C=O) groups excluding carboxylic acids is 2. The normalized spacial score (nSPS) is 13.7. The number of anilines is 2. The molecule has 1 N–H and O–H groups in total. The summed E-state index contributed by atoms with van der Waals surface area (Å²) in [6.45, 7) is 4.59. The smallest absolute Gasteiger partial charge is 0.308 e. The van der Waals surface area contributed by atoms with Crippen molar-refractivity contribution in [2.75, 3.05) is 43.6 Å². The Kier molecular flexibility index (Phi) is 6.98. The second-order valence-corrected chi connectivity index (χ2v) is 8.14. The fraction of sp³-hybridized carbons (Fsp3) is 0.417. The molecule has 1 aliphatic rings. The van der Waals surface area contributed by atoms with Crippen LogP contribution < -0.4 is 15.1 Å². The highest BCUT2D eigenvalue weighted by Gasteiger charge is 2.27. The summed E-state index contributed by atoms with van der Waals surface area (Å²) in [6, 6.07) is 16.8. The van der Waals surface area contributed by atoms with Gasteiger partial charge in [-0.15, -0.1) is 0 Å². The molecule has 0 aliphatic carbocycles. The molecular formula is C24H31N3O3. The van der Waals surface area contributed by atoms with Crippen LogP contribution in [0.4, 0.5) is 11.4 Å². The molecule has 1 heterocycles. The Hall–Kier alpha value is -3.02. The zero-order valence-electron chi connectivity index (χ0n) is 18.2. The van der Waals surface area contributed by atoms with E-state index in [2.05, 4.69) is 57.6 Å². The van der Waals surface area contributed by atoms with E-state index in [-0.39, 0.29) is 30.4 Å². The molecule has 0 spiro atoms. The van der Waals surface area contributed by atoms with E-state index in [0.29, 0.717) is 6.54 Å². The van der Waals surface area contributed by atoms with Crippen LogP contribution in [0.1, 0.15) is 31.0 Å². The largest absolute Gasteiger partial charge is 0.455 e. The first-order valence-electron chi connectivity index (χ1n) is 10.4. The molecule has 2 aromatic carbocycles. The highest BCUT2D eigenvalue weighted by Crippen LogP contribution is 2.35. The van der Waals surface area contributed by atoms with Gasteiger partial charge < -0.3 is 19.9 Å². The third-order valence-corrected chi connectivity index (χ3v) is 5.40. The zero-order chi connectivity index (χ0) is 21.7. The molecule has 30 heavy (non-hydrogen) atoms. The number of nitrogens with zero attached hydrogens (tertiary/aromatic N) is 2. The summed E-state index contributed by atoms with van der Waals surface area (Å²) in [6.07, 6.45) is 0.988. The van der Waals surface area contributed by atoms with E-state index < -0.39 is 0 Å². The van der Waals surface area contributed by atoms with Gasteiger partial charge in [-0.05, 0) is 35.7 Å². The first-order chi connectivity index (χ1) is 14.4. The average Bonchev–Trinajstić information content (AvgIpc) is 3.16. The zero-order valence-corrected chi connectivity index (χ0v) is 18.2. The lowest BCUT2D eigenvalue weighted by molar-refractivity contribution is -0.151. The number of carbonyl (C=O) groups is 2. The third kappa shape index (κ3) is 5.12. The number of hydrogen-bond donors (Lipinski definition) is 1. The fourth-order valence-electron chi connectivity index (χ4n) is 3.65. The molecule has 0 saturated heterocycles. The second kappa shape index (κ2) is 9.65. The summed E-state index contributed by atoms with van der Waals surface area (Å²) in [4.78, 5) is 28.3. The van der Waals surface area contributed by atoms with E-state index in [1.807, 2.05) is 20.2 Å². The monoisotopic (exact) mass is 409 g/mol.